The van der Waals surface area contributed by atoms with Crippen molar-refractivity contribution in [3.8, 4) is 11.8 Å². The Morgan fingerprint density at radius 2 is 2.23 bits per heavy atom. The topological polar surface area (TPSA) is 20.2 Å². The Kier molecular flexibility index (Phi) is 3.30. The fourth-order valence-corrected chi connectivity index (χ4v) is 1.10. The van der Waals surface area contributed by atoms with Crippen LogP contribution in [0.2, 0.25) is 5.02 Å². The lowest BCUT2D eigenvalue weighted by Gasteiger charge is -2.04. The molecule has 0 aliphatic heterocycles. The van der Waals surface area contributed by atoms with Crippen LogP contribution in [-0.4, -0.2) is 5.11 Å². The summed E-state index contributed by atoms with van der Waals surface area (Å²) in [7, 11) is 0. The van der Waals surface area contributed by atoms with Crippen molar-refractivity contribution < 1.29 is 9.50 Å². The average molecular weight is 199 g/mol. The molecular formula is C10H8ClFO. The number of aliphatic hydroxyl groups is 1. The summed E-state index contributed by atoms with van der Waals surface area (Å²) in [6.07, 6.45) is -1.08. The maximum Gasteiger partial charge on any atom is 0.143 e. The van der Waals surface area contributed by atoms with E-state index >= 15 is 0 Å². The molecule has 0 aromatic heterocycles. The van der Waals surface area contributed by atoms with Gasteiger partial charge >= 0.3 is 0 Å². The van der Waals surface area contributed by atoms with Crippen molar-refractivity contribution in [3.63, 3.8) is 0 Å². The largest absolute Gasteiger partial charge is 0.376 e. The summed E-state index contributed by atoms with van der Waals surface area (Å²) in [5.74, 6) is 4.41. The number of hydrogen-bond acceptors (Lipinski definition) is 1. The molecule has 0 heterocycles. The van der Waals surface area contributed by atoms with Gasteiger partial charge < -0.3 is 5.11 Å². The van der Waals surface area contributed by atoms with E-state index in [-0.39, 0.29) is 5.56 Å². The van der Waals surface area contributed by atoms with Gasteiger partial charge in [0.15, 0.2) is 0 Å². The van der Waals surface area contributed by atoms with Crippen molar-refractivity contribution in [3.05, 3.63) is 34.6 Å². The van der Waals surface area contributed by atoms with Gasteiger partial charge in [-0.3, -0.25) is 0 Å². The second-order valence-electron chi connectivity index (χ2n) is 2.46. The number of rotatable bonds is 1. The SMILES string of the molecule is CC#CC(O)c1ccc(Cl)cc1F. The van der Waals surface area contributed by atoms with Crippen LogP contribution in [-0.2, 0) is 0 Å². The zero-order valence-electron chi connectivity index (χ0n) is 7.01. The monoisotopic (exact) mass is 198 g/mol. The van der Waals surface area contributed by atoms with Crippen LogP contribution in [0.5, 0.6) is 0 Å². The molecule has 1 nitrogen and oxygen atoms in total. The summed E-state index contributed by atoms with van der Waals surface area (Å²) >= 11 is 5.54. The van der Waals surface area contributed by atoms with Gasteiger partial charge in [-0.15, -0.1) is 5.92 Å². The molecule has 0 bridgehead atoms. The van der Waals surface area contributed by atoms with Crippen molar-refractivity contribution in [2.75, 3.05) is 0 Å². The molecule has 68 valence electrons. The first-order chi connectivity index (χ1) is 6.15. The van der Waals surface area contributed by atoms with Gasteiger partial charge in [0.05, 0.1) is 0 Å². The Balaban J connectivity index is 3.06. The molecule has 1 N–H and O–H groups in total. The highest BCUT2D eigenvalue weighted by molar-refractivity contribution is 6.30. The van der Waals surface area contributed by atoms with Gasteiger partial charge in [-0.25, -0.2) is 4.39 Å². The van der Waals surface area contributed by atoms with Crippen molar-refractivity contribution in [1.82, 2.24) is 0 Å². The van der Waals surface area contributed by atoms with Gasteiger partial charge in [0.25, 0.3) is 0 Å². The lowest BCUT2D eigenvalue weighted by atomic mass is 10.1. The second kappa shape index (κ2) is 4.27. The maximum absolute atomic E-state index is 13.1. The number of aliphatic hydroxyl groups excluding tert-OH is 1. The maximum atomic E-state index is 13.1. The lowest BCUT2D eigenvalue weighted by molar-refractivity contribution is 0.233. The highest BCUT2D eigenvalue weighted by atomic mass is 35.5. The minimum atomic E-state index is -1.08. The summed E-state index contributed by atoms with van der Waals surface area (Å²) in [4.78, 5) is 0. The number of halogens is 2. The third kappa shape index (κ3) is 2.45. The van der Waals surface area contributed by atoms with Gasteiger partial charge in [-0.2, -0.15) is 0 Å². The Bertz CT molecular complexity index is 365. The predicted octanol–water partition coefficient (Wildman–Crippen LogP) is 2.54. The van der Waals surface area contributed by atoms with E-state index in [1.807, 2.05) is 0 Å². The van der Waals surface area contributed by atoms with E-state index in [2.05, 4.69) is 11.8 Å². The van der Waals surface area contributed by atoms with Crippen LogP contribution in [0.1, 0.15) is 18.6 Å². The molecule has 1 unspecified atom stereocenters. The van der Waals surface area contributed by atoms with Crippen LogP contribution in [0.15, 0.2) is 18.2 Å². The van der Waals surface area contributed by atoms with E-state index in [0.29, 0.717) is 5.02 Å². The normalized spacial score (nSPS) is 11.7. The first-order valence-corrected chi connectivity index (χ1v) is 4.08. The fourth-order valence-electron chi connectivity index (χ4n) is 0.938. The first kappa shape index (κ1) is 10.0. The van der Waals surface area contributed by atoms with Gasteiger partial charge in [0.2, 0.25) is 0 Å². The van der Waals surface area contributed by atoms with E-state index < -0.39 is 11.9 Å². The molecule has 1 atom stereocenters. The van der Waals surface area contributed by atoms with Crippen LogP contribution in [0, 0.1) is 17.7 Å². The van der Waals surface area contributed by atoms with Gasteiger partial charge in [-0.05, 0) is 19.1 Å². The summed E-state index contributed by atoms with van der Waals surface area (Å²) in [6.45, 7) is 1.58. The summed E-state index contributed by atoms with van der Waals surface area (Å²) in [6, 6.07) is 4.09. The Labute approximate surface area is 81.2 Å². The molecule has 0 aliphatic carbocycles. The lowest BCUT2D eigenvalue weighted by Crippen LogP contribution is -1.97. The highest BCUT2D eigenvalue weighted by Gasteiger charge is 2.09. The van der Waals surface area contributed by atoms with Crippen LogP contribution in [0.3, 0.4) is 0 Å². The fraction of sp³-hybridized carbons (Fsp3) is 0.200. The minimum Gasteiger partial charge on any atom is -0.376 e. The van der Waals surface area contributed by atoms with E-state index in [4.69, 9.17) is 11.6 Å². The third-order valence-electron chi connectivity index (χ3n) is 1.54. The standard InChI is InChI=1S/C10H8ClFO/c1-2-3-10(13)8-5-4-7(11)6-9(8)12/h4-6,10,13H,1H3. The van der Waals surface area contributed by atoms with Crippen molar-refractivity contribution in [2.45, 2.75) is 13.0 Å². The molecule has 3 heteroatoms. The van der Waals surface area contributed by atoms with Crippen LogP contribution >= 0.6 is 11.6 Å². The Hall–Kier alpha value is -1.04. The molecule has 0 fully saturated rings. The molecule has 0 saturated heterocycles. The zero-order valence-corrected chi connectivity index (χ0v) is 7.77. The van der Waals surface area contributed by atoms with E-state index in [0.717, 1.165) is 6.07 Å². The molecule has 0 radical (unpaired) electrons. The van der Waals surface area contributed by atoms with Crippen LogP contribution < -0.4 is 0 Å². The predicted molar refractivity (Wildman–Crippen MR) is 49.8 cm³/mol. The number of hydrogen-bond donors (Lipinski definition) is 1. The van der Waals surface area contributed by atoms with E-state index in [1.165, 1.54) is 12.1 Å². The van der Waals surface area contributed by atoms with Gasteiger partial charge in [0, 0.05) is 10.6 Å². The van der Waals surface area contributed by atoms with Crippen molar-refractivity contribution in [2.24, 2.45) is 0 Å². The second-order valence-corrected chi connectivity index (χ2v) is 2.90. The molecule has 1 rings (SSSR count). The third-order valence-corrected chi connectivity index (χ3v) is 1.77. The first-order valence-electron chi connectivity index (χ1n) is 3.70. The van der Waals surface area contributed by atoms with Crippen LogP contribution in [0.25, 0.3) is 0 Å². The molecule has 0 aliphatic rings. The molecule has 1 aromatic rings. The summed E-state index contributed by atoms with van der Waals surface area (Å²) < 4.78 is 13.1. The zero-order chi connectivity index (χ0) is 9.84. The van der Waals surface area contributed by atoms with E-state index in [9.17, 15) is 9.50 Å². The highest BCUT2D eigenvalue weighted by Crippen LogP contribution is 2.19. The van der Waals surface area contributed by atoms with Gasteiger partial charge in [-0.1, -0.05) is 23.6 Å². The molecule has 0 amide bonds. The van der Waals surface area contributed by atoms with Crippen LogP contribution in [0.4, 0.5) is 4.39 Å². The smallest absolute Gasteiger partial charge is 0.143 e. The Morgan fingerprint density at radius 1 is 1.54 bits per heavy atom. The van der Waals surface area contributed by atoms with E-state index in [1.54, 1.807) is 6.92 Å². The molecule has 13 heavy (non-hydrogen) atoms. The van der Waals surface area contributed by atoms with Crippen molar-refractivity contribution in [1.29, 1.82) is 0 Å². The molecule has 0 spiro atoms. The minimum absolute atomic E-state index is 0.152. The van der Waals surface area contributed by atoms with Gasteiger partial charge in [0.1, 0.15) is 11.9 Å². The average Bonchev–Trinajstić information content (AvgIpc) is 2.04. The summed E-state index contributed by atoms with van der Waals surface area (Å²) in [5, 5.41) is 9.64. The molecule has 1 aromatic carbocycles. The molecule has 0 saturated carbocycles. The molecular weight excluding hydrogens is 191 g/mol. The Morgan fingerprint density at radius 3 is 2.77 bits per heavy atom. The summed E-state index contributed by atoms with van der Waals surface area (Å²) in [5.41, 5.74) is 0.152. The quantitative estimate of drug-likeness (QED) is 0.688. The van der Waals surface area contributed by atoms with Crippen molar-refractivity contribution >= 4 is 11.6 Å². The number of benzene rings is 1.